The maximum atomic E-state index is 14.3. The molecule has 0 aromatic heterocycles. The van der Waals surface area contributed by atoms with Gasteiger partial charge in [0, 0.05) is 10.6 Å². The Morgan fingerprint density at radius 3 is 2.03 bits per heavy atom. The van der Waals surface area contributed by atoms with Crippen LogP contribution in [-0.2, 0) is 4.57 Å². The van der Waals surface area contributed by atoms with Crippen molar-refractivity contribution in [1.29, 1.82) is 0 Å². The van der Waals surface area contributed by atoms with Crippen LogP contribution < -0.4 is 15.3 Å². The molecule has 1 unspecified atom stereocenters. The Balaban J connectivity index is 2.02. The number of carbonyl (C=O) groups excluding carboxylic acids is 1. The van der Waals surface area contributed by atoms with Crippen LogP contribution in [0.25, 0.3) is 0 Å². The van der Waals surface area contributed by atoms with Crippen LogP contribution in [0.3, 0.4) is 0 Å². The zero-order valence-electron chi connectivity index (χ0n) is 16.7. The monoisotopic (exact) mass is 460 g/mol. The van der Waals surface area contributed by atoms with E-state index in [0.717, 1.165) is 19.3 Å². The lowest BCUT2D eigenvalue weighted by molar-refractivity contribution is 0.107. The molecule has 156 valence electrons. The van der Waals surface area contributed by atoms with Gasteiger partial charge in [0.1, 0.15) is 5.75 Å². The second-order valence-corrected chi connectivity index (χ2v) is 10.4. The summed E-state index contributed by atoms with van der Waals surface area (Å²) in [6.07, 6.45) is 3.20. The number of rotatable bonds is 9. The predicted octanol–water partition coefficient (Wildman–Crippen LogP) is 6.72. The fourth-order valence-electron chi connectivity index (χ4n) is 3.18. The van der Waals surface area contributed by atoms with Gasteiger partial charge < -0.3 is 9.30 Å². The van der Waals surface area contributed by atoms with Gasteiger partial charge in [-0.05, 0) is 42.8 Å². The van der Waals surface area contributed by atoms with Gasteiger partial charge in [-0.2, -0.15) is 0 Å². The zero-order valence-corrected chi connectivity index (χ0v) is 19.1. The van der Waals surface area contributed by atoms with Crippen molar-refractivity contribution in [2.45, 2.75) is 26.2 Å². The summed E-state index contributed by atoms with van der Waals surface area (Å²) in [5.74, 6) is 0.678. The van der Waals surface area contributed by atoms with Crippen LogP contribution in [0.15, 0.2) is 72.8 Å². The second kappa shape index (κ2) is 10.3. The summed E-state index contributed by atoms with van der Waals surface area (Å²) < 4.78 is 20.1. The number of hydrogen-bond acceptors (Lipinski definition) is 3. The summed E-state index contributed by atoms with van der Waals surface area (Å²) in [4.78, 5) is 13.6. The molecule has 3 aromatic carbocycles. The molecule has 0 saturated carbocycles. The molecule has 0 fully saturated rings. The highest BCUT2D eigenvalue weighted by Crippen LogP contribution is 2.49. The molecule has 0 aliphatic rings. The highest BCUT2D eigenvalue weighted by atomic mass is 35.5. The van der Waals surface area contributed by atoms with Gasteiger partial charge >= 0.3 is 0 Å². The number of benzene rings is 3. The summed E-state index contributed by atoms with van der Waals surface area (Å²) >= 11 is 12.5. The van der Waals surface area contributed by atoms with Crippen molar-refractivity contribution < 1.29 is 14.1 Å². The molecule has 3 rings (SSSR count). The summed E-state index contributed by atoms with van der Waals surface area (Å²) in [5.41, 5.74) is -0.506. The third-order valence-electron chi connectivity index (χ3n) is 4.80. The van der Waals surface area contributed by atoms with E-state index in [9.17, 15) is 9.36 Å². The molecule has 0 amide bonds. The Bertz CT molecular complexity index is 1030. The minimum atomic E-state index is -3.71. The molecule has 3 aromatic rings. The standard InChI is InChI=1S/C24H23Cl2O3P/c1-2-3-7-17-29-18-13-15-20(16-14-18)30(28,19-9-5-4-6-10-19)24(27)23-21(25)11-8-12-22(23)26/h4-6,8-16H,2-3,7,17H2,1H3. The Hall–Kier alpha value is -2.06. The molecule has 0 N–H and O–H groups in total. The van der Waals surface area contributed by atoms with E-state index in [1.54, 1.807) is 66.7 Å². The summed E-state index contributed by atoms with van der Waals surface area (Å²) in [6, 6.07) is 20.4. The smallest absolute Gasteiger partial charge is 0.233 e. The maximum absolute atomic E-state index is 14.3. The molecule has 0 heterocycles. The number of hydrogen-bond donors (Lipinski definition) is 0. The number of carbonyl (C=O) groups is 1. The van der Waals surface area contributed by atoms with Crippen LogP contribution in [-0.4, -0.2) is 12.1 Å². The minimum Gasteiger partial charge on any atom is -0.494 e. The van der Waals surface area contributed by atoms with Crippen LogP contribution in [0.4, 0.5) is 0 Å². The fourth-order valence-corrected chi connectivity index (χ4v) is 6.36. The van der Waals surface area contributed by atoms with Gasteiger partial charge in [0.25, 0.3) is 0 Å². The highest BCUT2D eigenvalue weighted by molar-refractivity contribution is 7.93. The quantitative estimate of drug-likeness (QED) is 0.263. The van der Waals surface area contributed by atoms with Crippen LogP contribution >= 0.6 is 30.3 Å². The first-order chi connectivity index (χ1) is 14.5. The third kappa shape index (κ3) is 4.81. The van der Waals surface area contributed by atoms with Gasteiger partial charge in [-0.15, -0.1) is 0 Å². The van der Waals surface area contributed by atoms with Gasteiger partial charge in [0.2, 0.25) is 12.7 Å². The number of unbranched alkanes of at least 4 members (excludes halogenated alkanes) is 2. The molecule has 0 spiro atoms. The molecule has 1 atom stereocenters. The normalized spacial score (nSPS) is 12.9. The topological polar surface area (TPSA) is 43.4 Å². The Labute approximate surface area is 187 Å². The fraction of sp³-hybridized carbons (Fsp3) is 0.208. The zero-order chi connectivity index (χ0) is 21.6. The molecule has 3 nitrogen and oxygen atoms in total. The molecule has 6 heteroatoms. The highest BCUT2D eigenvalue weighted by Gasteiger charge is 2.38. The SMILES string of the molecule is CCCCCOc1ccc(P(=O)(C(=O)c2c(Cl)cccc2Cl)c2ccccc2)cc1. The minimum absolute atomic E-state index is 0.0768. The largest absolute Gasteiger partial charge is 0.494 e. The van der Waals surface area contributed by atoms with E-state index < -0.39 is 12.7 Å². The van der Waals surface area contributed by atoms with E-state index in [1.807, 2.05) is 6.07 Å². The lowest BCUT2D eigenvalue weighted by atomic mass is 10.2. The van der Waals surface area contributed by atoms with Crippen LogP contribution in [0, 0.1) is 0 Å². The molecule has 0 aliphatic heterocycles. The van der Waals surface area contributed by atoms with E-state index in [1.165, 1.54) is 0 Å². The first-order valence-electron chi connectivity index (χ1n) is 9.86. The van der Waals surface area contributed by atoms with E-state index >= 15 is 0 Å². The van der Waals surface area contributed by atoms with Gasteiger partial charge in [0.05, 0.1) is 22.2 Å². The molecule has 0 aliphatic carbocycles. The predicted molar refractivity (Wildman–Crippen MR) is 126 cm³/mol. The second-order valence-electron chi connectivity index (χ2n) is 6.90. The molecular formula is C24H23Cl2O3P. The maximum Gasteiger partial charge on any atom is 0.233 e. The summed E-state index contributed by atoms with van der Waals surface area (Å²) in [7, 11) is -3.71. The molecule has 0 radical (unpaired) electrons. The average molecular weight is 461 g/mol. The Kier molecular flexibility index (Phi) is 7.77. The van der Waals surface area contributed by atoms with Crippen LogP contribution in [0.2, 0.25) is 10.0 Å². The van der Waals surface area contributed by atoms with Crippen molar-refractivity contribution in [1.82, 2.24) is 0 Å². The lowest BCUT2D eigenvalue weighted by Gasteiger charge is -2.19. The van der Waals surface area contributed by atoms with E-state index in [-0.39, 0.29) is 15.6 Å². The van der Waals surface area contributed by atoms with Crippen molar-refractivity contribution in [2.75, 3.05) is 6.61 Å². The molecule has 30 heavy (non-hydrogen) atoms. The van der Waals surface area contributed by atoms with E-state index in [2.05, 4.69) is 6.92 Å². The molecular weight excluding hydrogens is 438 g/mol. The van der Waals surface area contributed by atoms with Gasteiger partial charge in [-0.25, -0.2) is 0 Å². The van der Waals surface area contributed by atoms with Gasteiger partial charge in [0.15, 0.2) is 0 Å². The lowest BCUT2D eigenvalue weighted by Crippen LogP contribution is -2.23. The third-order valence-corrected chi connectivity index (χ3v) is 8.28. The van der Waals surface area contributed by atoms with Crippen molar-refractivity contribution in [3.63, 3.8) is 0 Å². The average Bonchev–Trinajstić information content (AvgIpc) is 2.77. The van der Waals surface area contributed by atoms with Gasteiger partial charge in [-0.1, -0.05) is 79.4 Å². The van der Waals surface area contributed by atoms with Crippen molar-refractivity contribution in [3.8, 4) is 5.75 Å². The first-order valence-corrected chi connectivity index (χ1v) is 12.3. The number of halogens is 2. The van der Waals surface area contributed by atoms with Crippen molar-refractivity contribution in [2.24, 2.45) is 0 Å². The molecule has 0 saturated heterocycles. The van der Waals surface area contributed by atoms with Gasteiger partial charge in [-0.3, -0.25) is 4.79 Å². The van der Waals surface area contributed by atoms with E-state index in [0.29, 0.717) is 23.0 Å². The summed E-state index contributed by atoms with van der Waals surface area (Å²) in [5, 5.41) is 1.21. The first kappa shape index (κ1) is 22.6. The van der Waals surface area contributed by atoms with Crippen molar-refractivity contribution in [3.05, 3.63) is 88.4 Å². The Morgan fingerprint density at radius 2 is 1.43 bits per heavy atom. The van der Waals surface area contributed by atoms with Crippen LogP contribution in [0.1, 0.15) is 36.5 Å². The number of ether oxygens (including phenoxy) is 1. The summed E-state index contributed by atoms with van der Waals surface area (Å²) in [6.45, 7) is 2.76. The van der Waals surface area contributed by atoms with Crippen molar-refractivity contribution >= 4 is 46.5 Å². The molecule has 0 bridgehead atoms. The van der Waals surface area contributed by atoms with E-state index in [4.69, 9.17) is 27.9 Å². The Morgan fingerprint density at radius 1 is 0.833 bits per heavy atom. The van der Waals surface area contributed by atoms with Crippen LogP contribution in [0.5, 0.6) is 5.75 Å².